The molecule has 18 heteroatoms. The summed E-state index contributed by atoms with van der Waals surface area (Å²) in [5.41, 5.74) is 0. The summed E-state index contributed by atoms with van der Waals surface area (Å²) in [4.78, 5) is 0. The molecule has 31 heavy (non-hydrogen) atoms. The Balaban J connectivity index is 0.00000450. The molecular formula is C13H22Na2O14S2. The molecule has 2 aliphatic heterocycles. The van der Waals surface area contributed by atoms with Gasteiger partial charge in [-0.15, -0.1) is 0 Å². The first-order valence-corrected chi connectivity index (χ1v) is 11.3. The Bertz CT molecular complexity index is 764. The molecule has 0 radical (unpaired) electrons. The SMILES string of the molecule is CO[C@@H]1OC(C)[C@H](O[C@@H]2OC[C@@H](C)C(O)[C@@H]2S(=O)(=O)O[O-])[C@H](S(=O)(=O)O[O-])C1O.[Na+].[Na+]. The zero-order valence-corrected chi connectivity index (χ0v) is 23.1. The van der Waals surface area contributed by atoms with Gasteiger partial charge in [0.05, 0.1) is 18.8 Å². The number of aliphatic hydroxyl groups is 2. The van der Waals surface area contributed by atoms with Gasteiger partial charge in [0.1, 0.15) is 17.5 Å². The van der Waals surface area contributed by atoms with Crippen molar-refractivity contribution in [1.29, 1.82) is 0 Å². The van der Waals surface area contributed by atoms with E-state index in [1.165, 1.54) is 13.8 Å². The van der Waals surface area contributed by atoms with Crippen LogP contribution in [0.4, 0.5) is 0 Å². The maximum absolute atomic E-state index is 12.1. The number of hydrogen-bond acceptors (Lipinski definition) is 14. The van der Waals surface area contributed by atoms with E-state index < -0.39 is 73.6 Å². The van der Waals surface area contributed by atoms with Gasteiger partial charge in [0.15, 0.2) is 17.8 Å². The minimum Gasteiger partial charge on any atom is -0.707 e. The van der Waals surface area contributed by atoms with Gasteiger partial charge in [0, 0.05) is 13.0 Å². The molecule has 0 spiro atoms. The van der Waals surface area contributed by atoms with Crippen molar-refractivity contribution in [2.45, 2.75) is 61.3 Å². The maximum Gasteiger partial charge on any atom is 1.00 e. The van der Waals surface area contributed by atoms with Crippen LogP contribution in [-0.4, -0.2) is 88.3 Å². The van der Waals surface area contributed by atoms with E-state index in [0.29, 0.717) is 0 Å². The molecule has 2 heterocycles. The van der Waals surface area contributed by atoms with Gasteiger partial charge in [-0.25, -0.2) is 0 Å². The molecule has 2 rings (SSSR count). The second-order valence-corrected chi connectivity index (χ2v) is 10.1. The molecule has 9 atom stereocenters. The van der Waals surface area contributed by atoms with E-state index in [-0.39, 0.29) is 65.7 Å². The van der Waals surface area contributed by atoms with Crippen LogP contribution in [0.1, 0.15) is 13.8 Å². The zero-order chi connectivity index (χ0) is 22.1. The first kappa shape index (κ1) is 32.5. The van der Waals surface area contributed by atoms with E-state index in [9.17, 15) is 37.6 Å². The first-order chi connectivity index (χ1) is 13.4. The van der Waals surface area contributed by atoms with Crippen LogP contribution in [0.15, 0.2) is 0 Å². The van der Waals surface area contributed by atoms with Crippen molar-refractivity contribution in [3.63, 3.8) is 0 Å². The molecule has 2 N–H and O–H groups in total. The Hall–Kier alpha value is 1.50. The van der Waals surface area contributed by atoms with Crippen LogP contribution in [0.2, 0.25) is 0 Å². The van der Waals surface area contributed by atoms with Gasteiger partial charge in [-0.1, -0.05) is 6.92 Å². The quantitative estimate of drug-likeness (QED) is 0.184. The van der Waals surface area contributed by atoms with Gasteiger partial charge >= 0.3 is 59.1 Å². The Morgan fingerprint density at radius 3 is 1.90 bits per heavy atom. The number of ether oxygens (including phenoxy) is 4. The Kier molecular flexibility index (Phi) is 13.6. The average molecular weight is 512 g/mol. The van der Waals surface area contributed by atoms with E-state index in [4.69, 9.17) is 18.9 Å². The molecule has 172 valence electrons. The first-order valence-electron chi connectivity index (χ1n) is 8.33. The predicted octanol–water partition coefficient (Wildman–Crippen LogP) is -10.5. The van der Waals surface area contributed by atoms with Gasteiger partial charge in [-0.2, -0.15) is 16.8 Å². The molecule has 2 fully saturated rings. The summed E-state index contributed by atoms with van der Waals surface area (Å²) in [6.45, 7) is 2.52. The van der Waals surface area contributed by atoms with Crippen LogP contribution < -0.4 is 69.6 Å². The summed E-state index contributed by atoms with van der Waals surface area (Å²) in [6.07, 6.45) is -9.86. The summed E-state index contributed by atoms with van der Waals surface area (Å²) in [5, 5.41) is 37.8. The fourth-order valence-corrected chi connectivity index (χ4v) is 5.59. The molecule has 0 aromatic carbocycles. The summed E-state index contributed by atoms with van der Waals surface area (Å²) in [7, 11) is -8.80. The van der Waals surface area contributed by atoms with E-state index in [1.807, 2.05) is 0 Å². The third-order valence-electron chi connectivity index (χ3n) is 4.84. The molecule has 14 nitrogen and oxygen atoms in total. The van der Waals surface area contributed by atoms with Crippen molar-refractivity contribution in [2.24, 2.45) is 5.92 Å². The average Bonchev–Trinajstić information content (AvgIpc) is 2.66. The summed E-state index contributed by atoms with van der Waals surface area (Å²) in [5.74, 6) is -0.738. The normalized spacial score (nSPS) is 39.3. The van der Waals surface area contributed by atoms with E-state index >= 15 is 0 Å². The minimum absolute atomic E-state index is 0. The fraction of sp³-hybridized carbons (Fsp3) is 1.00. The minimum atomic E-state index is -4.98. The number of hydrogen-bond donors (Lipinski definition) is 2. The van der Waals surface area contributed by atoms with Gasteiger partial charge in [-0.05, 0) is 6.92 Å². The Morgan fingerprint density at radius 1 is 0.903 bits per heavy atom. The van der Waals surface area contributed by atoms with Crippen molar-refractivity contribution in [3.05, 3.63) is 0 Å². The maximum atomic E-state index is 12.1. The van der Waals surface area contributed by atoms with E-state index in [1.54, 1.807) is 0 Å². The van der Waals surface area contributed by atoms with Gasteiger partial charge in [0.2, 0.25) is 0 Å². The third kappa shape index (κ3) is 7.02. The van der Waals surface area contributed by atoms with Gasteiger partial charge in [-0.3, -0.25) is 0 Å². The van der Waals surface area contributed by atoms with Crippen LogP contribution in [0.5, 0.6) is 0 Å². The summed E-state index contributed by atoms with van der Waals surface area (Å²) >= 11 is 0. The molecule has 0 aliphatic carbocycles. The monoisotopic (exact) mass is 512 g/mol. The third-order valence-corrected chi connectivity index (χ3v) is 7.60. The standard InChI is InChI=1S/C13H24O14S2.2Na/c1-5-4-23-13(11(7(5)14)29(20,21)27-17)25-9-6(2)24-12(22-3)8(15)10(9)28(18,19)26-16;;/h5-17H,4H2,1-3H3;;/q;2*+1/p-2/t5-,6?,7?,8?,9+,10-,11+,12-,13+;;/m1../s1. The van der Waals surface area contributed by atoms with Crippen LogP contribution in [0.25, 0.3) is 0 Å². The Labute approximate surface area is 223 Å². The second-order valence-electron chi connectivity index (χ2n) is 6.76. The van der Waals surface area contributed by atoms with Crippen LogP contribution in [-0.2, 0) is 47.9 Å². The van der Waals surface area contributed by atoms with Crippen molar-refractivity contribution in [2.75, 3.05) is 13.7 Å². The second kappa shape index (κ2) is 13.0. The van der Waals surface area contributed by atoms with Gasteiger partial charge < -0.3 is 48.3 Å². The topological polar surface area (TPSA) is 210 Å². The molecule has 2 aliphatic rings. The molecule has 0 bridgehead atoms. The summed E-state index contributed by atoms with van der Waals surface area (Å²) in [6, 6.07) is 0. The van der Waals surface area contributed by atoms with Crippen molar-refractivity contribution < 1.29 is 124 Å². The molecule has 0 amide bonds. The van der Waals surface area contributed by atoms with Crippen molar-refractivity contribution >= 4 is 20.2 Å². The van der Waals surface area contributed by atoms with Crippen molar-refractivity contribution in [1.82, 2.24) is 0 Å². The number of rotatable bonds is 7. The fourth-order valence-electron chi connectivity index (χ4n) is 3.30. The predicted molar refractivity (Wildman–Crippen MR) is 84.7 cm³/mol. The Morgan fingerprint density at radius 2 is 1.42 bits per heavy atom. The smallest absolute Gasteiger partial charge is 0.707 e. The van der Waals surface area contributed by atoms with E-state index in [0.717, 1.165) is 7.11 Å². The molecular weight excluding hydrogens is 490 g/mol. The van der Waals surface area contributed by atoms with Crippen LogP contribution >= 0.6 is 0 Å². The van der Waals surface area contributed by atoms with Crippen LogP contribution in [0, 0.1) is 5.92 Å². The van der Waals surface area contributed by atoms with Crippen molar-refractivity contribution in [3.8, 4) is 0 Å². The number of aliphatic hydroxyl groups excluding tert-OH is 2. The zero-order valence-electron chi connectivity index (χ0n) is 17.5. The number of methoxy groups -OCH3 is 1. The molecule has 0 saturated carbocycles. The molecule has 0 aromatic rings. The molecule has 3 unspecified atom stereocenters. The largest absolute Gasteiger partial charge is 1.00 e. The molecule has 0 aromatic heterocycles. The van der Waals surface area contributed by atoms with E-state index in [2.05, 4.69) is 8.67 Å². The van der Waals surface area contributed by atoms with Gasteiger partial charge in [0.25, 0.3) is 20.2 Å². The van der Waals surface area contributed by atoms with Crippen LogP contribution in [0.3, 0.4) is 0 Å². The molecule has 2 saturated heterocycles. The summed E-state index contributed by atoms with van der Waals surface area (Å²) < 4.78 is 75.4.